The zero-order valence-electron chi connectivity index (χ0n) is 17.8. The number of amides is 1. The Morgan fingerprint density at radius 1 is 0.968 bits per heavy atom. The quantitative estimate of drug-likeness (QED) is 0.577. The zero-order chi connectivity index (χ0) is 22.4. The van der Waals surface area contributed by atoms with E-state index in [0.29, 0.717) is 11.3 Å². The van der Waals surface area contributed by atoms with Gasteiger partial charge in [0.25, 0.3) is 5.91 Å². The van der Waals surface area contributed by atoms with E-state index in [0.717, 1.165) is 11.1 Å². The van der Waals surface area contributed by atoms with E-state index in [-0.39, 0.29) is 23.4 Å². The van der Waals surface area contributed by atoms with Crippen LogP contribution in [-0.4, -0.2) is 32.8 Å². The van der Waals surface area contributed by atoms with Crippen LogP contribution < -0.4 is 10.1 Å². The number of ether oxygens (including phenoxy) is 1. The maximum absolute atomic E-state index is 12.8. The molecule has 1 amide bonds. The maximum Gasteiger partial charge on any atom is 0.251 e. The van der Waals surface area contributed by atoms with Crippen LogP contribution in [-0.2, 0) is 16.6 Å². The molecule has 3 aromatic rings. The number of carbonyl (C=O) groups is 1. The van der Waals surface area contributed by atoms with Crippen molar-refractivity contribution in [2.75, 3.05) is 14.2 Å². The van der Waals surface area contributed by atoms with E-state index in [1.54, 1.807) is 36.4 Å². The van der Waals surface area contributed by atoms with Gasteiger partial charge in [0.15, 0.2) is 0 Å². The van der Waals surface area contributed by atoms with Crippen LogP contribution in [0.3, 0.4) is 0 Å². The van der Waals surface area contributed by atoms with Crippen molar-refractivity contribution in [3.63, 3.8) is 0 Å². The lowest BCUT2D eigenvalue weighted by Crippen LogP contribution is -2.27. The molecule has 1 unspecified atom stereocenters. The van der Waals surface area contributed by atoms with Gasteiger partial charge in [-0.2, -0.15) is 4.31 Å². The van der Waals surface area contributed by atoms with Crippen LogP contribution in [0, 0.1) is 0 Å². The molecule has 0 bridgehead atoms. The van der Waals surface area contributed by atoms with Crippen LogP contribution in [0.15, 0.2) is 83.8 Å². The largest absolute Gasteiger partial charge is 0.497 e. The van der Waals surface area contributed by atoms with Gasteiger partial charge in [0.05, 0.1) is 18.0 Å². The molecule has 1 atom stereocenters. The summed E-state index contributed by atoms with van der Waals surface area (Å²) < 4.78 is 31.9. The molecule has 0 spiro atoms. The van der Waals surface area contributed by atoms with E-state index >= 15 is 0 Å². The molecule has 0 heterocycles. The maximum atomic E-state index is 12.8. The number of methoxy groups -OCH3 is 1. The fourth-order valence-electron chi connectivity index (χ4n) is 3.14. The number of hydrogen-bond donors (Lipinski definition) is 1. The topological polar surface area (TPSA) is 75.7 Å². The number of nitrogens with zero attached hydrogens (tertiary/aromatic N) is 1. The second-order valence-electron chi connectivity index (χ2n) is 7.24. The van der Waals surface area contributed by atoms with Gasteiger partial charge in [-0.25, -0.2) is 8.42 Å². The molecule has 0 aliphatic rings. The monoisotopic (exact) mass is 438 g/mol. The van der Waals surface area contributed by atoms with Gasteiger partial charge in [0.2, 0.25) is 10.0 Å². The Labute approximate surface area is 183 Å². The molecule has 162 valence electrons. The van der Waals surface area contributed by atoms with Crippen LogP contribution in [0.25, 0.3) is 0 Å². The molecule has 3 rings (SSSR count). The molecule has 31 heavy (non-hydrogen) atoms. The first kappa shape index (κ1) is 22.5. The van der Waals surface area contributed by atoms with Crippen molar-refractivity contribution in [3.8, 4) is 5.75 Å². The van der Waals surface area contributed by atoms with Gasteiger partial charge in [-0.05, 0) is 54.4 Å². The first-order valence-electron chi connectivity index (χ1n) is 9.86. The van der Waals surface area contributed by atoms with Crippen molar-refractivity contribution in [3.05, 3.63) is 95.6 Å². The molecule has 1 N–H and O–H groups in total. The number of hydrogen-bond acceptors (Lipinski definition) is 4. The van der Waals surface area contributed by atoms with Crippen molar-refractivity contribution in [1.82, 2.24) is 9.62 Å². The Hall–Kier alpha value is -3.16. The van der Waals surface area contributed by atoms with E-state index in [1.165, 1.54) is 30.6 Å². The summed E-state index contributed by atoms with van der Waals surface area (Å²) in [4.78, 5) is 12.7. The third-order valence-electron chi connectivity index (χ3n) is 5.04. The number of nitrogens with one attached hydrogen (secondary N) is 1. The highest BCUT2D eigenvalue weighted by molar-refractivity contribution is 7.89. The summed E-state index contributed by atoms with van der Waals surface area (Å²) in [6.07, 6.45) is 0. The van der Waals surface area contributed by atoms with Crippen molar-refractivity contribution in [2.45, 2.75) is 24.4 Å². The highest BCUT2D eigenvalue weighted by atomic mass is 32.2. The van der Waals surface area contributed by atoms with Gasteiger partial charge in [0.1, 0.15) is 5.75 Å². The van der Waals surface area contributed by atoms with Gasteiger partial charge < -0.3 is 10.1 Å². The Balaban J connectivity index is 1.64. The standard InChI is InChI=1S/C24H26N2O4S/c1-18(20-7-5-4-6-8-20)25-24(27)21-11-9-19(10-12-21)17-26(2)31(28,29)23-15-13-22(30-3)14-16-23/h4-16,18H,17H2,1-3H3,(H,25,27). The van der Waals surface area contributed by atoms with E-state index in [4.69, 9.17) is 4.74 Å². The van der Waals surface area contributed by atoms with Crippen LogP contribution in [0.5, 0.6) is 5.75 Å². The summed E-state index contributed by atoms with van der Waals surface area (Å²) in [5.41, 5.74) is 2.33. The predicted octanol–water partition coefficient (Wildman–Crippen LogP) is 4.01. The Bertz CT molecular complexity index is 1110. The molecule has 0 aromatic heterocycles. The highest BCUT2D eigenvalue weighted by Gasteiger charge is 2.21. The van der Waals surface area contributed by atoms with E-state index in [9.17, 15) is 13.2 Å². The molecule has 0 saturated carbocycles. The number of carbonyl (C=O) groups excluding carboxylic acids is 1. The molecule has 0 fully saturated rings. The average molecular weight is 439 g/mol. The molecule has 3 aromatic carbocycles. The average Bonchev–Trinajstić information content (AvgIpc) is 2.80. The molecule has 7 heteroatoms. The molecule has 0 saturated heterocycles. The molecular weight excluding hydrogens is 412 g/mol. The predicted molar refractivity (Wildman–Crippen MR) is 120 cm³/mol. The lowest BCUT2D eigenvalue weighted by molar-refractivity contribution is 0.0940. The summed E-state index contributed by atoms with van der Waals surface area (Å²) in [6.45, 7) is 2.12. The summed E-state index contributed by atoms with van der Waals surface area (Å²) in [5, 5.41) is 2.97. The minimum absolute atomic E-state index is 0.117. The third-order valence-corrected chi connectivity index (χ3v) is 6.85. The molecule has 0 radical (unpaired) electrons. The summed E-state index contributed by atoms with van der Waals surface area (Å²) in [5.74, 6) is 0.416. The SMILES string of the molecule is COc1ccc(S(=O)(=O)N(C)Cc2ccc(C(=O)NC(C)c3ccccc3)cc2)cc1. The fraction of sp³-hybridized carbons (Fsp3) is 0.208. The highest BCUT2D eigenvalue weighted by Crippen LogP contribution is 2.20. The molecule has 6 nitrogen and oxygen atoms in total. The van der Waals surface area contributed by atoms with E-state index in [2.05, 4.69) is 5.32 Å². The number of rotatable bonds is 8. The first-order valence-corrected chi connectivity index (χ1v) is 11.3. The van der Waals surface area contributed by atoms with Crippen molar-refractivity contribution in [1.29, 1.82) is 0 Å². The summed E-state index contributed by atoms with van der Waals surface area (Å²) in [6, 6.07) is 22.8. The second kappa shape index (κ2) is 9.76. The van der Waals surface area contributed by atoms with E-state index in [1.807, 2.05) is 37.3 Å². The van der Waals surface area contributed by atoms with E-state index < -0.39 is 10.0 Å². The number of benzene rings is 3. The van der Waals surface area contributed by atoms with Crippen molar-refractivity contribution >= 4 is 15.9 Å². The Morgan fingerprint density at radius 3 is 2.16 bits per heavy atom. The van der Waals surface area contributed by atoms with Crippen LogP contribution in [0.2, 0.25) is 0 Å². The summed E-state index contributed by atoms with van der Waals surface area (Å²) >= 11 is 0. The smallest absolute Gasteiger partial charge is 0.251 e. The second-order valence-corrected chi connectivity index (χ2v) is 9.28. The Morgan fingerprint density at radius 2 is 1.58 bits per heavy atom. The van der Waals surface area contributed by atoms with Crippen LogP contribution in [0.1, 0.15) is 34.5 Å². The van der Waals surface area contributed by atoms with Gasteiger partial charge in [-0.3, -0.25) is 4.79 Å². The lowest BCUT2D eigenvalue weighted by Gasteiger charge is -2.18. The fourth-order valence-corrected chi connectivity index (χ4v) is 4.30. The van der Waals surface area contributed by atoms with Gasteiger partial charge >= 0.3 is 0 Å². The summed E-state index contributed by atoms with van der Waals surface area (Å²) in [7, 11) is -0.578. The van der Waals surface area contributed by atoms with Gasteiger partial charge in [0, 0.05) is 19.2 Å². The zero-order valence-corrected chi connectivity index (χ0v) is 18.6. The normalized spacial score (nSPS) is 12.4. The molecule has 0 aliphatic heterocycles. The first-order chi connectivity index (χ1) is 14.8. The van der Waals surface area contributed by atoms with Crippen LogP contribution >= 0.6 is 0 Å². The lowest BCUT2D eigenvalue weighted by atomic mass is 10.1. The van der Waals surface area contributed by atoms with Crippen molar-refractivity contribution < 1.29 is 17.9 Å². The minimum Gasteiger partial charge on any atom is -0.497 e. The Kier molecular flexibility index (Phi) is 7.09. The molecule has 0 aliphatic carbocycles. The van der Waals surface area contributed by atoms with Crippen molar-refractivity contribution in [2.24, 2.45) is 0 Å². The third kappa shape index (κ3) is 5.51. The van der Waals surface area contributed by atoms with Crippen LogP contribution in [0.4, 0.5) is 0 Å². The molecular formula is C24H26N2O4S. The minimum atomic E-state index is -3.64. The van der Waals surface area contributed by atoms with Gasteiger partial charge in [-0.1, -0.05) is 42.5 Å². The van der Waals surface area contributed by atoms with Gasteiger partial charge in [-0.15, -0.1) is 0 Å². The number of sulfonamides is 1.